The Morgan fingerprint density at radius 1 is 1.44 bits per heavy atom. The number of hydrogen-bond donors (Lipinski definition) is 2. The average Bonchev–Trinajstić information content (AvgIpc) is 2.33. The molecule has 2 N–H and O–H groups in total. The van der Waals surface area contributed by atoms with Crippen molar-refractivity contribution in [3.63, 3.8) is 0 Å². The van der Waals surface area contributed by atoms with Crippen LogP contribution in [-0.4, -0.2) is 48.2 Å². The Hall–Kier alpha value is -0.610. The molecule has 1 fully saturated rings. The van der Waals surface area contributed by atoms with Crippen LogP contribution in [0.25, 0.3) is 0 Å². The van der Waals surface area contributed by atoms with Gasteiger partial charge in [0.05, 0.1) is 0 Å². The first-order valence-corrected chi connectivity index (χ1v) is 7.18. The summed E-state index contributed by atoms with van der Waals surface area (Å²) in [5.74, 6) is 0.522. The van der Waals surface area contributed by atoms with Crippen LogP contribution in [0.4, 0.5) is 0 Å². The number of likely N-dealkylation sites (tertiary alicyclic amines) is 1. The van der Waals surface area contributed by atoms with Crippen LogP contribution in [0.1, 0.15) is 40.0 Å². The van der Waals surface area contributed by atoms with E-state index in [9.17, 15) is 4.79 Å². The monoisotopic (exact) mass is 256 g/mol. The Balaban J connectivity index is 2.41. The fraction of sp³-hybridized carbons (Fsp3) is 0.929. The molecule has 4 heteroatoms. The first kappa shape index (κ1) is 15.4. The summed E-state index contributed by atoms with van der Waals surface area (Å²) in [7, 11) is 0. The molecule has 106 valence electrons. The highest BCUT2D eigenvalue weighted by Gasteiger charge is 2.26. The zero-order chi connectivity index (χ0) is 13.5. The van der Waals surface area contributed by atoms with Crippen molar-refractivity contribution in [2.24, 2.45) is 11.8 Å². The molecule has 1 aliphatic heterocycles. The molecule has 0 aromatic rings. The summed E-state index contributed by atoms with van der Waals surface area (Å²) in [5.41, 5.74) is 0. The van der Waals surface area contributed by atoms with Crippen LogP contribution in [-0.2, 0) is 4.79 Å². The van der Waals surface area contributed by atoms with Crippen LogP contribution in [0.5, 0.6) is 0 Å². The smallest absolute Gasteiger partial charge is 0.303 e. The highest BCUT2D eigenvalue weighted by molar-refractivity contribution is 5.66. The number of hydrogen-bond acceptors (Lipinski definition) is 3. The summed E-state index contributed by atoms with van der Waals surface area (Å²) < 4.78 is 0. The summed E-state index contributed by atoms with van der Waals surface area (Å²) in [5, 5.41) is 12.4. The van der Waals surface area contributed by atoms with Gasteiger partial charge >= 0.3 is 5.97 Å². The molecule has 0 spiro atoms. The third kappa shape index (κ3) is 5.83. The molecule has 0 radical (unpaired) electrons. The molecule has 0 aromatic carbocycles. The number of rotatable bonds is 7. The first-order chi connectivity index (χ1) is 8.51. The van der Waals surface area contributed by atoms with Crippen molar-refractivity contribution in [1.82, 2.24) is 10.2 Å². The van der Waals surface area contributed by atoms with Gasteiger partial charge in [0, 0.05) is 25.6 Å². The van der Waals surface area contributed by atoms with Gasteiger partial charge in [-0.25, -0.2) is 0 Å². The largest absolute Gasteiger partial charge is 0.481 e. The lowest BCUT2D eigenvalue weighted by molar-refractivity contribution is -0.137. The van der Waals surface area contributed by atoms with Crippen molar-refractivity contribution < 1.29 is 9.90 Å². The van der Waals surface area contributed by atoms with Gasteiger partial charge in [0.1, 0.15) is 0 Å². The molecule has 2 atom stereocenters. The van der Waals surface area contributed by atoms with E-state index < -0.39 is 5.97 Å². The number of piperidine rings is 1. The Bertz CT molecular complexity index is 256. The molecule has 0 bridgehead atoms. The minimum Gasteiger partial charge on any atom is -0.481 e. The van der Waals surface area contributed by atoms with E-state index >= 15 is 0 Å². The maximum atomic E-state index is 10.7. The molecule has 18 heavy (non-hydrogen) atoms. The third-order valence-corrected chi connectivity index (χ3v) is 3.64. The van der Waals surface area contributed by atoms with E-state index in [1.54, 1.807) is 0 Å². The van der Waals surface area contributed by atoms with Gasteiger partial charge in [-0.3, -0.25) is 4.79 Å². The van der Waals surface area contributed by atoms with E-state index in [-0.39, 0.29) is 0 Å². The minimum absolute atomic E-state index is 0.305. The van der Waals surface area contributed by atoms with Crippen LogP contribution in [0.2, 0.25) is 0 Å². The van der Waals surface area contributed by atoms with Crippen molar-refractivity contribution >= 4 is 5.97 Å². The summed E-state index contributed by atoms with van der Waals surface area (Å²) in [6, 6.07) is 0.528. The lowest BCUT2D eigenvalue weighted by Crippen LogP contribution is -2.49. The summed E-state index contributed by atoms with van der Waals surface area (Å²) >= 11 is 0. The number of aliphatic carboxylic acids is 1. The van der Waals surface area contributed by atoms with Crippen LogP contribution in [0.15, 0.2) is 0 Å². The standard InChI is InChI=1S/C14H28N2O2/c1-4-16-9-12(5-6-14(17)18)7-13(10-16)15-8-11(2)3/h11-13,15H,4-10H2,1-3H3,(H,17,18). The van der Waals surface area contributed by atoms with Crippen molar-refractivity contribution in [2.75, 3.05) is 26.2 Å². The number of carboxylic acids is 1. The van der Waals surface area contributed by atoms with Gasteiger partial charge in [0.15, 0.2) is 0 Å². The quantitative estimate of drug-likeness (QED) is 0.729. The number of likely N-dealkylation sites (N-methyl/N-ethyl adjacent to an activating group) is 1. The second-order valence-corrected chi connectivity index (χ2v) is 5.89. The van der Waals surface area contributed by atoms with E-state index in [2.05, 4.69) is 31.0 Å². The molecule has 0 aliphatic carbocycles. The maximum Gasteiger partial charge on any atom is 0.303 e. The van der Waals surface area contributed by atoms with Gasteiger partial charge in [-0.1, -0.05) is 20.8 Å². The van der Waals surface area contributed by atoms with Gasteiger partial charge < -0.3 is 15.3 Å². The predicted octanol–water partition coefficient (Wildman–Crippen LogP) is 1.81. The van der Waals surface area contributed by atoms with Crippen LogP contribution in [0.3, 0.4) is 0 Å². The van der Waals surface area contributed by atoms with Crippen molar-refractivity contribution in [3.05, 3.63) is 0 Å². The van der Waals surface area contributed by atoms with Gasteiger partial charge in [-0.15, -0.1) is 0 Å². The zero-order valence-corrected chi connectivity index (χ0v) is 12.0. The van der Waals surface area contributed by atoms with Crippen molar-refractivity contribution in [3.8, 4) is 0 Å². The van der Waals surface area contributed by atoms with E-state index in [4.69, 9.17) is 5.11 Å². The summed E-state index contributed by atoms with van der Waals surface area (Å²) in [6.07, 6.45) is 2.24. The van der Waals surface area contributed by atoms with Gasteiger partial charge in [0.25, 0.3) is 0 Å². The van der Waals surface area contributed by atoms with Crippen molar-refractivity contribution in [1.29, 1.82) is 0 Å². The van der Waals surface area contributed by atoms with E-state index in [1.807, 2.05) is 0 Å². The number of nitrogens with zero attached hydrogens (tertiary/aromatic N) is 1. The van der Waals surface area contributed by atoms with Crippen molar-refractivity contribution in [2.45, 2.75) is 46.1 Å². The molecule has 0 saturated carbocycles. The highest BCUT2D eigenvalue weighted by Crippen LogP contribution is 2.21. The zero-order valence-electron chi connectivity index (χ0n) is 12.0. The molecule has 1 saturated heterocycles. The fourth-order valence-electron chi connectivity index (χ4n) is 2.65. The molecular weight excluding hydrogens is 228 g/mol. The molecule has 4 nitrogen and oxygen atoms in total. The molecule has 1 rings (SSSR count). The summed E-state index contributed by atoms with van der Waals surface area (Å²) in [6.45, 7) is 10.9. The Morgan fingerprint density at radius 2 is 2.17 bits per heavy atom. The normalized spacial score (nSPS) is 25.6. The van der Waals surface area contributed by atoms with E-state index in [0.717, 1.165) is 39.0 Å². The molecule has 1 heterocycles. The van der Waals surface area contributed by atoms with E-state index in [0.29, 0.717) is 24.3 Å². The van der Waals surface area contributed by atoms with E-state index in [1.165, 1.54) is 0 Å². The van der Waals surface area contributed by atoms with Gasteiger partial charge in [0.2, 0.25) is 0 Å². The maximum absolute atomic E-state index is 10.7. The number of carbonyl (C=O) groups is 1. The van der Waals surface area contributed by atoms with Crippen LogP contribution < -0.4 is 5.32 Å². The second-order valence-electron chi connectivity index (χ2n) is 5.89. The molecule has 0 aromatic heterocycles. The van der Waals surface area contributed by atoms with Gasteiger partial charge in [-0.05, 0) is 37.8 Å². The Kier molecular flexibility index (Phi) is 6.65. The number of carboxylic acid groups (broad SMARTS) is 1. The predicted molar refractivity (Wildman–Crippen MR) is 73.7 cm³/mol. The SMILES string of the molecule is CCN1CC(CCC(=O)O)CC(NCC(C)C)C1. The highest BCUT2D eigenvalue weighted by atomic mass is 16.4. The second kappa shape index (κ2) is 7.74. The minimum atomic E-state index is -0.671. The summed E-state index contributed by atoms with van der Waals surface area (Å²) in [4.78, 5) is 13.1. The topological polar surface area (TPSA) is 52.6 Å². The molecule has 1 aliphatic rings. The lowest BCUT2D eigenvalue weighted by atomic mass is 9.90. The Labute approximate surface area is 111 Å². The molecule has 2 unspecified atom stereocenters. The van der Waals surface area contributed by atoms with Gasteiger partial charge in [-0.2, -0.15) is 0 Å². The van der Waals surface area contributed by atoms with Crippen LogP contribution in [0, 0.1) is 11.8 Å². The molecular formula is C14H28N2O2. The molecule has 0 amide bonds. The average molecular weight is 256 g/mol. The lowest BCUT2D eigenvalue weighted by Gasteiger charge is -2.38. The third-order valence-electron chi connectivity index (χ3n) is 3.64. The first-order valence-electron chi connectivity index (χ1n) is 7.18. The Morgan fingerprint density at radius 3 is 2.72 bits per heavy atom. The number of nitrogens with one attached hydrogen (secondary N) is 1. The fourth-order valence-corrected chi connectivity index (χ4v) is 2.65. The van der Waals surface area contributed by atoms with Crippen LogP contribution >= 0.6 is 0 Å².